The van der Waals surface area contributed by atoms with Crippen LogP contribution in [0.1, 0.15) is 56.1 Å². The van der Waals surface area contributed by atoms with Crippen LogP contribution < -0.4 is 16.0 Å². The SMILES string of the molecule is CC1=C(C(=O)O)C(c2cccc(NCC(=NC#N)NCCCN3CCC(c4ccccc4)CC3)c2)C(C(=O)O)=C(C)N1. The van der Waals surface area contributed by atoms with E-state index in [2.05, 4.69) is 56.2 Å². The lowest BCUT2D eigenvalue weighted by molar-refractivity contribution is -0.133. The number of benzene rings is 2. The molecule has 0 amide bonds. The first-order valence-electron chi connectivity index (χ1n) is 14.2. The Morgan fingerprint density at radius 2 is 1.64 bits per heavy atom. The number of hydrogen-bond acceptors (Lipinski definition) is 7. The van der Waals surface area contributed by atoms with E-state index in [1.165, 1.54) is 5.56 Å². The number of piperidine rings is 1. The molecule has 10 heteroatoms. The number of rotatable bonds is 11. The minimum Gasteiger partial charge on any atom is -0.478 e. The van der Waals surface area contributed by atoms with E-state index in [0.717, 1.165) is 38.9 Å². The zero-order valence-electron chi connectivity index (χ0n) is 24.1. The van der Waals surface area contributed by atoms with Gasteiger partial charge in [0.15, 0.2) is 0 Å². The van der Waals surface area contributed by atoms with Crippen molar-refractivity contribution in [3.8, 4) is 6.19 Å². The van der Waals surface area contributed by atoms with Crippen molar-refractivity contribution in [2.75, 3.05) is 38.0 Å². The van der Waals surface area contributed by atoms with Gasteiger partial charge in [0.25, 0.3) is 0 Å². The van der Waals surface area contributed by atoms with Gasteiger partial charge in [-0.25, -0.2) is 9.59 Å². The number of nitriles is 1. The highest BCUT2D eigenvalue weighted by Crippen LogP contribution is 2.39. The number of likely N-dealkylation sites (tertiary alicyclic amines) is 1. The molecule has 0 spiro atoms. The zero-order chi connectivity index (χ0) is 30.1. The Morgan fingerprint density at radius 1 is 1.00 bits per heavy atom. The van der Waals surface area contributed by atoms with Gasteiger partial charge in [-0.15, -0.1) is 0 Å². The van der Waals surface area contributed by atoms with E-state index in [1.807, 2.05) is 12.3 Å². The molecule has 42 heavy (non-hydrogen) atoms. The molecule has 2 aliphatic heterocycles. The second kappa shape index (κ2) is 14.3. The molecule has 1 fully saturated rings. The molecule has 2 aromatic carbocycles. The highest BCUT2D eigenvalue weighted by atomic mass is 16.4. The number of anilines is 1. The molecule has 0 saturated carbocycles. The van der Waals surface area contributed by atoms with Gasteiger partial charge in [0.05, 0.1) is 23.6 Å². The van der Waals surface area contributed by atoms with Crippen molar-refractivity contribution in [1.82, 2.24) is 15.5 Å². The van der Waals surface area contributed by atoms with Crippen LogP contribution in [0.15, 0.2) is 82.1 Å². The first-order chi connectivity index (χ1) is 20.3. The molecule has 220 valence electrons. The van der Waals surface area contributed by atoms with Crippen molar-refractivity contribution >= 4 is 23.5 Å². The summed E-state index contributed by atoms with van der Waals surface area (Å²) in [5, 5.41) is 38.4. The van der Waals surface area contributed by atoms with Gasteiger partial charge in [-0.3, -0.25) is 0 Å². The van der Waals surface area contributed by atoms with Crippen molar-refractivity contribution < 1.29 is 19.8 Å². The van der Waals surface area contributed by atoms with Gasteiger partial charge in [0.2, 0.25) is 6.19 Å². The maximum atomic E-state index is 12.1. The molecule has 2 aliphatic rings. The van der Waals surface area contributed by atoms with Crippen LogP contribution >= 0.6 is 0 Å². The fourth-order valence-corrected chi connectivity index (χ4v) is 5.86. The third-order valence-electron chi connectivity index (χ3n) is 7.92. The molecule has 0 unspecified atom stereocenters. The van der Waals surface area contributed by atoms with Gasteiger partial charge in [-0.2, -0.15) is 10.3 Å². The van der Waals surface area contributed by atoms with Crippen LogP contribution in [0.3, 0.4) is 0 Å². The van der Waals surface area contributed by atoms with Crippen molar-refractivity contribution in [2.24, 2.45) is 4.99 Å². The average molecular weight is 571 g/mol. The number of dihydropyridines is 1. The van der Waals surface area contributed by atoms with Crippen LogP contribution in [-0.4, -0.2) is 65.6 Å². The van der Waals surface area contributed by atoms with Gasteiger partial charge >= 0.3 is 11.9 Å². The average Bonchev–Trinajstić information content (AvgIpc) is 2.98. The summed E-state index contributed by atoms with van der Waals surface area (Å²) in [6.45, 7) is 7.31. The topological polar surface area (TPSA) is 150 Å². The van der Waals surface area contributed by atoms with E-state index >= 15 is 0 Å². The second-order valence-electron chi connectivity index (χ2n) is 10.7. The molecule has 0 radical (unpaired) electrons. The molecular weight excluding hydrogens is 532 g/mol. The Kier molecular flexibility index (Phi) is 10.3. The van der Waals surface area contributed by atoms with Gasteiger partial charge in [0.1, 0.15) is 5.84 Å². The summed E-state index contributed by atoms with van der Waals surface area (Å²) in [6.07, 6.45) is 5.08. The molecule has 4 rings (SSSR count). The lowest BCUT2D eigenvalue weighted by Crippen LogP contribution is -2.36. The third kappa shape index (κ3) is 7.56. The van der Waals surface area contributed by atoms with Gasteiger partial charge in [-0.05, 0) is 81.9 Å². The first kappa shape index (κ1) is 30.3. The highest BCUT2D eigenvalue weighted by molar-refractivity contribution is 5.98. The van der Waals surface area contributed by atoms with Crippen molar-refractivity contribution in [1.29, 1.82) is 5.26 Å². The number of aliphatic imine (C=N–C) groups is 1. The Hall–Kier alpha value is -4.62. The summed E-state index contributed by atoms with van der Waals surface area (Å²) in [4.78, 5) is 30.6. The summed E-state index contributed by atoms with van der Waals surface area (Å²) < 4.78 is 0. The van der Waals surface area contributed by atoms with E-state index in [1.54, 1.807) is 32.0 Å². The largest absolute Gasteiger partial charge is 0.478 e. The number of allylic oxidation sites excluding steroid dienone is 2. The molecule has 5 N–H and O–H groups in total. The van der Waals surface area contributed by atoms with Crippen LogP contribution in [0.4, 0.5) is 5.69 Å². The van der Waals surface area contributed by atoms with E-state index in [-0.39, 0.29) is 17.7 Å². The van der Waals surface area contributed by atoms with Crippen molar-refractivity contribution in [3.05, 3.63) is 88.3 Å². The van der Waals surface area contributed by atoms with Gasteiger partial charge in [-0.1, -0.05) is 42.5 Å². The van der Waals surface area contributed by atoms with Crippen LogP contribution in [0.5, 0.6) is 0 Å². The number of carbonyl (C=O) groups is 2. The molecule has 10 nitrogen and oxygen atoms in total. The minimum absolute atomic E-state index is 0.00663. The van der Waals surface area contributed by atoms with Crippen LogP contribution in [0, 0.1) is 11.5 Å². The Bertz CT molecular complexity index is 1380. The third-order valence-corrected chi connectivity index (χ3v) is 7.92. The summed E-state index contributed by atoms with van der Waals surface area (Å²) in [5.74, 6) is -2.17. The molecule has 0 atom stereocenters. The quantitative estimate of drug-likeness (QED) is 0.116. The van der Waals surface area contributed by atoms with E-state index in [4.69, 9.17) is 0 Å². The van der Waals surface area contributed by atoms with Crippen LogP contribution in [-0.2, 0) is 9.59 Å². The highest BCUT2D eigenvalue weighted by Gasteiger charge is 2.36. The van der Waals surface area contributed by atoms with Crippen LogP contribution in [0.2, 0.25) is 0 Å². The standard InChI is InChI=1S/C32H38N6O4/c1-21-28(31(39)40)30(29(32(41)42)22(2)37-21)25-10-6-11-26(18-25)35-19-27(36-20-33)34-14-7-15-38-16-12-24(13-17-38)23-8-4-3-5-9-23/h3-6,8-11,18,24,30,35,37H,7,12-17,19H2,1-2H3,(H,34,36)(H,39,40)(H,41,42). The van der Waals surface area contributed by atoms with E-state index in [0.29, 0.717) is 40.9 Å². The summed E-state index contributed by atoms with van der Waals surface area (Å²) in [7, 11) is 0. The molecule has 0 bridgehead atoms. The Morgan fingerprint density at radius 3 is 2.26 bits per heavy atom. The maximum absolute atomic E-state index is 12.1. The normalized spacial score (nSPS) is 17.0. The molecule has 0 aromatic heterocycles. The number of nitrogens with zero attached hydrogens (tertiary/aromatic N) is 3. The summed E-state index contributed by atoms with van der Waals surface area (Å²) in [5.41, 5.74) is 3.42. The monoisotopic (exact) mass is 570 g/mol. The fourth-order valence-electron chi connectivity index (χ4n) is 5.86. The number of nitrogens with one attached hydrogen (secondary N) is 3. The predicted molar refractivity (Wildman–Crippen MR) is 162 cm³/mol. The fraction of sp³-hybridized carbons (Fsp3) is 0.375. The number of hydrogen-bond donors (Lipinski definition) is 5. The smallest absolute Gasteiger partial charge is 0.334 e. The van der Waals surface area contributed by atoms with Crippen molar-refractivity contribution in [2.45, 2.75) is 44.9 Å². The Balaban J connectivity index is 1.31. The van der Waals surface area contributed by atoms with E-state index in [9.17, 15) is 25.1 Å². The van der Waals surface area contributed by atoms with Gasteiger partial charge < -0.3 is 31.1 Å². The maximum Gasteiger partial charge on any atom is 0.334 e. The first-order valence-corrected chi connectivity index (χ1v) is 14.2. The van der Waals surface area contributed by atoms with Crippen LogP contribution in [0.25, 0.3) is 0 Å². The molecule has 2 aromatic rings. The Labute approximate surface area is 246 Å². The lowest BCUT2D eigenvalue weighted by atomic mass is 9.80. The molecule has 2 heterocycles. The number of amidine groups is 1. The number of carboxylic acids is 2. The summed E-state index contributed by atoms with van der Waals surface area (Å²) >= 11 is 0. The van der Waals surface area contributed by atoms with Crippen molar-refractivity contribution in [3.63, 3.8) is 0 Å². The lowest BCUT2D eigenvalue weighted by Gasteiger charge is -2.32. The zero-order valence-corrected chi connectivity index (χ0v) is 24.1. The molecular formula is C32H38N6O4. The van der Waals surface area contributed by atoms with E-state index < -0.39 is 17.9 Å². The number of carboxylic acid groups (broad SMARTS) is 2. The predicted octanol–water partition coefficient (Wildman–Crippen LogP) is 4.24. The molecule has 1 saturated heterocycles. The summed E-state index contributed by atoms with van der Waals surface area (Å²) in [6, 6.07) is 17.7. The molecule has 0 aliphatic carbocycles. The number of aliphatic carboxylic acids is 2. The van der Waals surface area contributed by atoms with Gasteiger partial charge in [0, 0.05) is 23.6 Å². The minimum atomic E-state index is -1.18. The second-order valence-corrected chi connectivity index (χ2v) is 10.7.